The van der Waals surface area contributed by atoms with Gasteiger partial charge in [0.2, 0.25) is 0 Å². The maximum Gasteiger partial charge on any atom is 0.120 e. The average Bonchev–Trinajstić information content (AvgIpc) is 2.84. The van der Waals surface area contributed by atoms with Gasteiger partial charge in [0, 0.05) is 23.7 Å². The molecule has 0 aliphatic heterocycles. The van der Waals surface area contributed by atoms with Crippen LogP contribution in [0.25, 0.3) is 0 Å². The molecule has 0 spiro atoms. The zero-order valence-corrected chi connectivity index (χ0v) is 27.4. The number of benzene rings is 2. The largest absolute Gasteiger partial charge is 0.490 e. The van der Waals surface area contributed by atoms with Crippen LogP contribution in [0.3, 0.4) is 0 Å². The molecule has 1 aliphatic carbocycles. The van der Waals surface area contributed by atoms with Crippen LogP contribution in [0.4, 0.5) is 0 Å². The van der Waals surface area contributed by atoms with E-state index in [9.17, 15) is 0 Å². The molecule has 40 heavy (non-hydrogen) atoms. The van der Waals surface area contributed by atoms with E-state index in [4.69, 9.17) is 9.47 Å². The van der Waals surface area contributed by atoms with Crippen LogP contribution in [-0.4, -0.2) is 35.9 Å². The van der Waals surface area contributed by atoms with Crippen molar-refractivity contribution in [2.45, 2.75) is 143 Å². The highest BCUT2D eigenvalue weighted by atomic mass is 16.5. The molecular weight excluding hydrogens is 492 g/mol. The zero-order chi connectivity index (χ0) is 29.7. The maximum atomic E-state index is 6.31. The number of rotatable bonds is 14. The van der Waals surface area contributed by atoms with Crippen molar-refractivity contribution in [1.29, 1.82) is 0 Å². The maximum absolute atomic E-state index is 6.31. The average molecular weight is 551 g/mol. The van der Waals surface area contributed by atoms with Crippen molar-refractivity contribution < 1.29 is 9.47 Å². The summed E-state index contributed by atoms with van der Waals surface area (Å²) < 4.78 is 12.6. The van der Waals surface area contributed by atoms with Crippen molar-refractivity contribution in [3.63, 3.8) is 0 Å². The number of nitrogens with one attached hydrogen (secondary N) is 2. The van der Waals surface area contributed by atoms with Crippen molar-refractivity contribution in [2.75, 3.05) is 6.54 Å². The summed E-state index contributed by atoms with van der Waals surface area (Å²) >= 11 is 0. The standard InChI is InChI=1S/C36H58N2O2/c1-25(2)27(4)28-14-12-16-31(20-28)39-26(3)24-37-35(8,9)18-19-36(10,11)38-30-22-33(23-30)40-32-17-13-15-29(21-32)34(5,6)7/h12-17,20-21,25-27,30,33,37-38H,18-19,22-24H2,1-11H3/t26-,27-,30-,33+/m0/s1. The highest BCUT2D eigenvalue weighted by Gasteiger charge is 2.35. The molecule has 2 aromatic carbocycles. The quantitative estimate of drug-likeness (QED) is 0.247. The van der Waals surface area contributed by atoms with Crippen molar-refractivity contribution in [3.05, 3.63) is 59.7 Å². The smallest absolute Gasteiger partial charge is 0.120 e. The lowest BCUT2D eigenvalue weighted by atomic mass is 9.84. The molecule has 1 fully saturated rings. The van der Waals surface area contributed by atoms with Gasteiger partial charge >= 0.3 is 0 Å². The Kier molecular flexibility index (Phi) is 10.8. The topological polar surface area (TPSA) is 42.5 Å². The van der Waals surface area contributed by atoms with E-state index in [0.717, 1.165) is 43.7 Å². The molecule has 4 heteroatoms. The Morgan fingerprint density at radius 1 is 0.800 bits per heavy atom. The molecule has 3 rings (SSSR count). The van der Waals surface area contributed by atoms with Gasteiger partial charge in [-0.15, -0.1) is 0 Å². The van der Waals surface area contributed by atoms with Crippen molar-refractivity contribution >= 4 is 0 Å². The molecule has 1 aliphatic rings. The van der Waals surface area contributed by atoms with Crippen LogP contribution in [0.1, 0.15) is 119 Å². The molecule has 224 valence electrons. The van der Waals surface area contributed by atoms with Gasteiger partial charge in [-0.05, 0) is 113 Å². The van der Waals surface area contributed by atoms with Gasteiger partial charge in [0.05, 0.1) is 0 Å². The van der Waals surface area contributed by atoms with E-state index in [1.54, 1.807) is 0 Å². The summed E-state index contributed by atoms with van der Waals surface area (Å²) in [6, 6.07) is 17.7. The third-order valence-electron chi connectivity index (χ3n) is 8.66. The Morgan fingerprint density at radius 3 is 2.08 bits per heavy atom. The van der Waals surface area contributed by atoms with Gasteiger partial charge in [0.15, 0.2) is 0 Å². The molecule has 0 bridgehead atoms. The van der Waals surface area contributed by atoms with E-state index >= 15 is 0 Å². The fourth-order valence-electron chi connectivity index (χ4n) is 5.30. The van der Waals surface area contributed by atoms with E-state index in [-0.39, 0.29) is 22.6 Å². The highest BCUT2D eigenvalue weighted by Crippen LogP contribution is 2.32. The molecule has 1 saturated carbocycles. The SMILES string of the molecule is CC(C)[C@H](C)c1cccc(O[C@@H](C)CNC(C)(C)CCC(C)(C)N[C@H]2C[C@@H](Oc3cccc(C(C)(C)C)c3)C2)c1. The first-order valence-corrected chi connectivity index (χ1v) is 15.6. The van der Waals surface area contributed by atoms with Crippen molar-refractivity contribution in [3.8, 4) is 11.5 Å². The third kappa shape index (κ3) is 10.1. The van der Waals surface area contributed by atoms with Gasteiger partial charge in [-0.3, -0.25) is 0 Å². The Morgan fingerprint density at radius 2 is 1.43 bits per heavy atom. The second-order valence-corrected chi connectivity index (χ2v) is 15.0. The molecule has 0 amide bonds. The molecule has 0 unspecified atom stereocenters. The predicted molar refractivity (Wildman–Crippen MR) is 171 cm³/mol. The van der Waals surface area contributed by atoms with Crippen LogP contribution in [0.15, 0.2) is 48.5 Å². The number of hydrogen-bond acceptors (Lipinski definition) is 4. The van der Waals surface area contributed by atoms with E-state index in [1.807, 2.05) is 0 Å². The minimum absolute atomic E-state index is 0.0356. The van der Waals surface area contributed by atoms with Crippen molar-refractivity contribution in [2.24, 2.45) is 5.92 Å². The van der Waals surface area contributed by atoms with E-state index in [1.165, 1.54) is 11.1 Å². The summed E-state index contributed by atoms with van der Waals surface area (Å²) in [5.41, 5.74) is 2.92. The molecule has 2 aromatic rings. The summed E-state index contributed by atoms with van der Waals surface area (Å²) in [7, 11) is 0. The Hall–Kier alpha value is -2.04. The summed E-state index contributed by atoms with van der Waals surface area (Å²) in [6.07, 6.45) is 4.73. The first-order valence-electron chi connectivity index (χ1n) is 15.6. The van der Waals surface area contributed by atoms with E-state index in [2.05, 4.69) is 135 Å². The molecule has 0 heterocycles. The second kappa shape index (κ2) is 13.3. The summed E-state index contributed by atoms with van der Waals surface area (Å²) in [5.74, 6) is 3.10. The lowest BCUT2D eigenvalue weighted by Gasteiger charge is -2.42. The first kappa shape index (κ1) is 32.5. The van der Waals surface area contributed by atoms with Gasteiger partial charge in [0.1, 0.15) is 23.7 Å². The fraction of sp³-hybridized carbons (Fsp3) is 0.667. The first-order chi connectivity index (χ1) is 18.5. The lowest BCUT2D eigenvalue weighted by Crippen LogP contribution is -2.55. The third-order valence-corrected chi connectivity index (χ3v) is 8.66. The summed E-state index contributed by atoms with van der Waals surface area (Å²) in [5, 5.41) is 7.67. The number of hydrogen-bond donors (Lipinski definition) is 2. The van der Waals surface area contributed by atoms with Crippen LogP contribution in [0, 0.1) is 5.92 Å². The van der Waals surface area contributed by atoms with Gasteiger partial charge in [-0.1, -0.05) is 65.8 Å². The Bertz CT molecular complexity index is 1060. The fourth-order valence-corrected chi connectivity index (χ4v) is 5.30. The molecule has 2 N–H and O–H groups in total. The van der Waals surface area contributed by atoms with Gasteiger partial charge < -0.3 is 20.1 Å². The molecule has 0 radical (unpaired) electrons. The van der Waals surface area contributed by atoms with E-state index < -0.39 is 0 Å². The Balaban J connectivity index is 1.39. The Labute approximate surface area is 246 Å². The number of ether oxygens (including phenoxy) is 2. The molecule has 4 nitrogen and oxygen atoms in total. The molecule has 2 atom stereocenters. The zero-order valence-electron chi connectivity index (χ0n) is 27.4. The van der Waals surface area contributed by atoms with Gasteiger partial charge in [-0.2, -0.15) is 0 Å². The van der Waals surface area contributed by atoms with Crippen molar-refractivity contribution in [1.82, 2.24) is 10.6 Å². The van der Waals surface area contributed by atoms with Crippen LogP contribution in [0.5, 0.6) is 11.5 Å². The second-order valence-electron chi connectivity index (χ2n) is 15.0. The monoisotopic (exact) mass is 550 g/mol. The lowest BCUT2D eigenvalue weighted by molar-refractivity contribution is 0.0685. The van der Waals surface area contributed by atoms with Crippen LogP contribution in [-0.2, 0) is 5.41 Å². The molecule has 0 saturated heterocycles. The minimum atomic E-state index is 0.0356. The summed E-state index contributed by atoms with van der Waals surface area (Å²) in [4.78, 5) is 0. The van der Waals surface area contributed by atoms with Crippen LogP contribution >= 0.6 is 0 Å². The van der Waals surface area contributed by atoms with Gasteiger partial charge in [-0.25, -0.2) is 0 Å². The summed E-state index contributed by atoms with van der Waals surface area (Å²) in [6.45, 7) is 25.8. The highest BCUT2D eigenvalue weighted by molar-refractivity contribution is 5.33. The minimum Gasteiger partial charge on any atom is -0.490 e. The molecule has 0 aromatic heterocycles. The normalized spacial score (nSPS) is 19.7. The predicted octanol–water partition coefficient (Wildman–Crippen LogP) is 8.64. The van der Waals surface area contributed by atoms with E-state index in [0.29, 0.717) is 24.0 Å². The van der Waals surface area contributed by atoms with Crippen LogP contribution < -0.4 is 20.1 Å². The molecular formula is C36H58N2O2. The van der Waals surface area contributed by atoms with Crippen LogP contribution in [0.2, 0.25) is 0 Å². The van der Waals surface area contributed by atoms with Gasteiger partial charge in [0.25, 0.3) is 0 Å².